The Morgan fingerprint density at radius 1 is 1.47 bits per heavy atom. The predicted molar refractivity (Wildman–Crippen MR) is 57.4 cm³/mol. The molecule has 1 aliphatic rings. The van der Waals surface area contributed by atoms with Crippen LogP contribution >= 0.6 is 0 Å². The van der Waals surface area contributed by atoms with Gasteiger partial charge in [-0.3, -0.25) is 0 Å². The first-order chi connectivity index (χ1) is 7.17. The van der Waals surface area contributed by atoms with Gasteiger partial charge >= 0.3 is 0 Å². The summed E-state index contributed by atoms with van der Waals surface area (Å²) >= 11 is 0. The van der Waals surface area contributed by atoms with Crippen molar-refractivity contribution in [1.29, 1.82) is 0 Å². The highest BCUT2D eigenvalue weighted by Gasteiger charge is 2.32. The fourth-order valence-electron chi connectivity index (χ4n) is 1.89. The second-order valence-corrected chi connectivity index (χ2v) is 3.84. The Morgan fingerprint density at radius 3 is 2.80 bits per heavy atom. The molecule has 2 atom stereocenters. The maximum atomic E-state index is 9.91. The summed E-state index contributed by atoms with van der Waals surface area (Å²) in [5, 5.41) is 9.91. The highest BCUT2D eigenvalue weighted by atomic mass is 16.5. The quantitative estimate of drug-likeness (QED) is 0.808. The van der Waals surface area contributed by atoms with Gasteiger partial charge in [0.1, 0.15) is 12.2 Å². The average molecular weight is 208 g/mol. The van der Waals surface area contributed by atoms with Crippen LogP contribution in [0.5, 0.6) is 11.5 Å². The molecule has 0 aliphatic carbocycles. The zero-order chi connectivity index (χ0) is 11.0. The molecule has 0 spiro atoms. The van der Waals surface area contributed by atoms with E-state index in [0.29, 0.717) is 11.5 Å². The van der Waals surface area contributed by atoms with Gasteiger partial charge in [-0.1, -0.05) is 6.92 Å². The van der Waals surface area contributed by atoms with Crippen LogP contribution in [0.25, 0.3) is 0 Å². The van der Waals surface area contributed by atoms with Gasteiger partial charge in [0.25, 0.3) is 0 Å². The van der Waals surface area contributed by atoms with Crippen LogP contribution in [0.3, 0.4) is 0 Å². The molecule has 1 N–H and O–H groups in total. The summed E-state index contributed by atoms with van der Waals surface area (Å²) < 4.78 is 10.8. The SMILES string of the molecule is CCc1cc(OC)c2c(c1)C(O)C(C)O2. The highest BCUT2D eigenvalue weighted by Crippen LogP contribution is 2.43. The Morgan fingerprint density at radius 2 is 2.20 bits per heavy atom. The summed E-state index contributed by atoms with van der Waals surface area (Å²) in [5.74, 6) is 1.41. The summed E-state index contributed by atoms with van der Waals surface area (Å²) in [6, 6.07) is 3.95. The number of aryl methyl sites for hydroxylation is 1. The van der Waals surface area contributed by atoms with Crippen molar-refractivity contribution in [3.05, 3.63) is 23.3 Å². The third kappa shape index (κ3) is 1.57. The van der Waals surface area contributed by atoms with Crippen molar-refractivity contribution in [3.63, 3.8) is 0 Å². The minimum Gasteiger partial charge on any atom is -0.493 e. The Labute approximate surface area is 89.6 Å². The summed E-state index contributed by atoms with van der Waals surface area (Å²) in [7, 11) is 1.62. The molecule has 0 amide bonds. The molecule has 15 heavy (non-hydrogen) atoms. The van der Waals surface area contributed by atoms with Gasteiger partial charge in [0, 0.05) is 5.56 Å². The van der Waals surface area contributed by atoms with E-state index in [4.69, 9.17) is 9.47 Å². The van der Waals surface area contributed by atoms with Crippen molar-refractivity contribution in [2.24, 2.45) is 0 Å². The molecule has 3 heteroatoms. The molecule has 0 radical (unpaired) electrons. The van der Waals surface area contributed by atoms with Gasteiger partial charge in [-0.2, -0.15) is 0 Å². The van der Waals surface area contributed by atoms with Crippen molar-refractivity contribution in [3.8, 4) is 11.5 Å². The lowest BCUT2D eigenvalue weighted by Crippen LogP contribution is -2.12. The summed E-state index contributed by atoms with van der Waals surface area (Å²) in [5.41, 5.74) is 2.00. The van der Waals surface area contributed by atoms with Crippen LogP contribution in [0.4, 0.5) is 0 Å². The number of hydrogen-bond donors (Lipinski definition) is 1. The van der Waals surface area contributed by atoms with Crippen LogP contribution < -0.4 is 9.47 Å². The fourth-order valence-corrected chi connectivity index (χ4v) is 1.89. The van der Waals surface area contributed by atoms with E-state index >= 15 is 0 Å². The van der Waals surface area contributed by atoms with Crippen LogP contribution in [0.2, 0.25) is 0 Å². The first kappa shape index (κ1) is 10.3. The van der Waals surface area contributed by atoms with Gasteiger partial charge < -0.3 is 14.6 Å². The van der Waals surface area contributed by atoms with Gasteiger partial charge in [-0.05, 0) is 31.0 Å². The topological polar surface area (TPSA) is 38.7 Å². The van der Waals surface area contributed by atoms with Gasteiger partial charge in [0.05, 0.1) is 7.11 Å². The summed E-state index contributed by atoms with van der Waals surface area (Å²) in [6.45, 7) is 3.93. The lowest BCUT2D eigenvalue weighted by atomic mass is 10.0. The molecule has 1 aromatic carbocycles. The summed E-state index contributed by atoms with van der Waals surface area (Å²) in [6.07, 6.45) is 0.187. The van der Waals surface area contributed by atoms with Gasteiger partial charge in [0.2, 0.25) is 0 Å². The number of aliphatic hydroxyl groups excluding tert-OH is 1. The minimum atomic E-state index is -0.541. The van der Waals surface area contributed by atoms with Crippen LogP contribution in [-0.2, 0) is 6.42 Å². The maximum Gasteiger partial charge on any atom is 0.167 e. The number of benzene rings is 1. The maximum absolute atomic E-state index is 9.91. The van der Waals surface area contributed by atoms with Gasteiger partial charge in [-0.25, -0.2) is 0 Å². The Hall–Kier alpha value is -1.22. The number of fused-ring (bicyclic) bond motifs is 1. The number of aliphatic hydroxyl groups is 1. The van der Waals surface area contributed by atoms with Gasteiger partial charge in [0.15, 0.2) is 11.5 Å². The molecule has 1 aliphatic heterocycles. The number of methoxy groups -OCH3 is 1. The third-order valence-corrected chi connectivity index (χ3v) is 2.84. The zero-order valence-electron chi connectivity index (χ0n) is 9.28. The minimum absolute atomic E-state index is 0.194. The zero-order valence-corrected chi connectivity index (χ0v) is 9.28. The average Bonchev–Trinajstić information content (AvgIpc) is 2.54. The van der Waals surface area contributed by atoms with Crippen LogP contribution in [0.15, 0.2) is 12.1 Å². The molecule has 2 unspecified atom stereocenters. The van der Waals surface area contributed by atoms with Crippen molar-refractivity contribution in [2.75, 3.05) is 7.11 Å². The van der Waals surface area contributed by atoms with E-state index in [0.717, 1.165) is 17.5 Å². The van der Waals surface area contributed by atoms with E-state index in [1.807, 2.05) is 19.1 Å². The number of rotatable bonds is 2. The second kappa shape index (κ2) is 3.74. The molecule has 0 saturated heterocycles. The molecular formula is C12H16O3. The fraction of sp³-hybridized carbons (Fsp3) is 0.500. The van der Waals surface area contributed by atoms with E-state index in [1.165, 1.54) is 0 Å². The van der Waals surface area contributed by atoms with E-state index < -0.39 is 6.10 Å². The largest absolute Gasteiger partial charge is 0.493 e. The summed E-state index contributed by atoms with van der Waals surface area (Å²) in [4.78, 5) is 0. The molecule has 0 fully saturated rings. The van der Waals surface area contributed by atoms with E-state index in [-0.39, 0.29) is 6.10 Å². The molecule has 82 valence electrons. The van der Waals surface area contributed by atoms with E-state index in [9.17, 15) is 5.11 Å². The Balaban J connectivity index is 2.52. The Bertz CT molecular complexity index is 373. The van der Waals surface area contributed by atoms with E-state index in [1.54, 1.807) is 7.11 Å². The van der Waals surface area contributed by atoms with Gasteiger partial charge in [-0.15, -0.1) is 0 Å². The van der Waals surface area contributed by atoms with Crippen molar-refractivity contribution < 1.29 is 14.6 Å². The molecule has 3 nitrogen and oxygen atoms in total. The first-order valence-electron chi connectivity index (χ1n) is 5.23. The molecule has 0 saturated carbocycles. The molecule has 1 aromatic rings. The molecule has 0 aromatic heterocycles. The lowest BCUT2D eigenvalue weighted by Gasteiger charge is -2.09. The smallest absolute Gasteiger partial charge is 0.167 e. The second-order valence-electron chi connectivity index (χ2n) is 3.84. The number of ether oxygens (including phenoxy) is 2. The third-order valence-electron chi connectivity index (χ3n) is 2.84. The normalized spacial score (nSPS) is 23.5. The molecule has 0 bridgehead atoms. The molecule has 1 heterocycles. The van der Waals surface area contributed by atoms with E-state index in [2.05, 4.69) is 6.92 Å². The van der Waals surface area contributed by atoms with Crippen molar-refractivity contribution >= 4 is 0 Å². The first-order valence-corrected chi connectivity index (χ1v) is 5.23. The molecule has 2 rings (SSSR count). The monoisotopic (exact) mass is 208 g/mol. The molecular weight excluding hydrogens is 192 g/mol. The standard InChI is InChI=1S/C12H16O3/c1-4-8-5-9-11(13)7(2)15-12(9)10(6-8)14-3/h5-7,11,13H,4H2,1-3H3. The predicted octanol–water partition coefficient (Wildman–Crippen LogP) is 2.07. The van der Waals surface area contributed by atoms with Crippen molar-refractivity contribution in [2.45, 2.75) is 32.5 Å². The highest BCUT2D eigenvalue weighted by molar-refractivity contribution is 5.53. The Kier molecular flexibility index (Phi) is 2.57. The van der Waals surface area contributed by atoms with Crippen LogP contribution in [-0.4, -0.2) is 18.3 Å². The van der Waals surface area contributed by atoms with Crippen LogP contribution in [0, 0.1) is 0 Å². The lowest BCUT2D eigenvalue weighted by molar-refractivity contribution is 0.0786. The number of hydrogen-bond acceptors (Lipinski definition) is 3. The van der Waals surface area contributed by atoms with Crippen LogP contribution in [0.1, 0.15) is 31.1 Å². The van der Waals surface area contributed by atoms with Crippen molar-refractivity contribution in [1.82, 2.24) is 0 Å².